The first-order valence-corrected chi connectivity index (χ1v) is 9.23. The van der Waals surface area contributed by atoms with Gasteiger partial charge in [0.25, 0.3) is 0 Å². The first kappa shape index (κ1) is 18.8. The van der Waals surface area contributed by atoms with Gasteiger partial charge in [-0.15, -0.1) is 0 Å². The van der Waals surface area contributed by atoms with Gasteiger partial charge in [-0.2, -0.15) is 0 Å². The molecule has 3 rings (SSSR count). The molecule has 1 aromatic rings. The van der Waals surface area contributed by atoms with Crippen LogP contribution in [-0.2, 0) is 4.79 Å². The summed E-state index contributed by atoms with van der Waals surface area (Å²) < 4.78 is 14.3. The van der Waals surface area contributed by atoms with E-state index in [-0.39, 0.29) is 17.5 Å². The van der Waals surface area contributed by atoms with Crippen LogP contribution in [0.5, 0.6) is 0 Å². The van der Waals surface area contributed by atoms with Crippen LogP contribution in [0.15, 0.2) is 18.2 Å². The molecule has 2 aliphatic heterocycles. The van der Waals surface area contributed by atoms with E-state index < -0.39 is 0 Å². The highest BCUT2D eigenvalue weighted by Crippen LogP contribution is 2.22. The van der Waals surface area contributed by atoms with Crippen molar-refractivity contribution in [2.45, 2.75) is 19.9 Å². The monoisotopic (exact) mass is 362 g/mol. The normalized spacial score (nSPS) is 21.7. The Labute approximate surface area is 153 Å². The van der Waals surface area contributed by atoms with Crippen molar-refractivity contribution in [2.75, 3.05) is 57.3 Å². The van der Waals surface area contributed by atoms with Crippen LogP contribution in [-0.4, -0.2) is 79.9 Å². The second kappa shape index (κ2) is 8.14. The van der Waals surface area contributed by atoms with E-state index in [1.54, 1.807) is 12.1 Å². The standard InChI is InChI=1S/C19H27FN4O2/c1-14-12-21-5-6-24(14)13-19(26)23-9-7-22(8-10-23)18-4-3-16(15(2)25)11-17(18)20/h3-4,11,14,21H,5-10,12-13H2,1-2H3/t14-/m0/s1. The molecule has 0 bridgehead atoms. The van der Waals surface area contributed by atoms with Crippen molar-refractivity contribution in [3.8, 4) is 0 Å². The summed E-state index contributed by atoms with van der Waals surface area (Å²) in [6, 6.07) is 4.97. The van der Waals surface area contributed by atoms with Crippen molar-refractivity contribution in [3.05, 3.63) is 29.6 Å². The van der Waals surface area contributed by atoms with Crippen LogP contribution >= 0.6 is 0 Å². The fourth-order valence-corrected chi connectivity index (χ4v) is 3.57. The molecule has 142 valence electrons. The summed E-state index contributed by atoms with van der Waals surface area (Å²) in [4.78, 5) is 30.0. The minimum atomic E-state index is -0.382. The highest BCUT2D eigenvalue weighted by molar-refractivity contribution is 5.94. The first-order valence-electron chi connectivity index (χ1n) is 9.23. The molecular formula is C19H27FN4O2. The Morgan fingerprint density at radius 3 is 2.54 bits per heavy atom. The lowest BCUT2D eigenvalue weighted by molar-refractivity contribution is -0.133. The maximum Gasteiger partial charge on any atom is 0.236 e. The molecule has 0 unspecified atom stereocenters. The highest BCUT2D eigenvalue weighted by atomic mass is 19.1. The number of piperazine rings is 2. The van der Waals surface area contributed by atoms with Gasteiger partial charge in [0.05, 0.1) is 12.2 Å². The summed E-state index contributed by atoms with van der Waals surface area (Å²) >= 11 is 0. The summed E-state index contributed by atoms with van der Waals surface area (Å²) in [5, 5.41) is 3.33. The van der Waals surface area contributed by atoms with Crippen LogP contribution in [0.3, 0.4) is 0 Å². The Hall–Kier alpha value is -1.99. The maximum absolute atomic E-state index is 14.3. The molecule has 2 heterocycles. The number of halogens is 1. The number of nitrogens with zero attached hydrogens (tertiary/aromatic N) is 3. The van der Waals surface area contributed by atoms with Crippen molar-refractivity contribution >= 4 is 17.4 Å². The summed E-state index contributed by atoms with van der Waals surface area (Å²) in [5.41, 5.74) is 0.878. The minimum Gasteiger partial charge on any atom is -0.366 e. The van der Waals surface area contributed by atoms with Gasteiger partial charge in [-0.05, 0) is 32.0 Å². The number of benzene rings is 1. The van der Waals surface area contributed by atoms with E-state index in [9.17, 15) is 14.0 Å². The van der Waals surface area contributed by atoms with Crippen LogP contribution in [0.4, 0.5) is 10.1 Å². The molecule has 0 saturated carbocycles. The van der Waals surface area contributed by atoms with Crippen molar-refractivity contribution in [3.63, 3.8) is 0 Å². The van der Waals surface area contributed by atoms with Gasteiger partial charge < -0.3 is 15.1 Å². The number of carbonyl (C=O) groups excluding carboxylic acids is 2. The van der Waals surface area contributed by atoms with E-state index in [1.807, 2.05) is 9.80 Å². The molecule has 1 amide bonds. The fraction of sp³-hybridized carbons (Fsp3) is 0.579. The summed E-state index contributed by atoms with van der Waals surface area (Å²) in [7, 11) is 0. The molecule has 2 fully saturated rings. The lowest BCUT2D eigenvalue weighted by Gasteiger charge is -2.39. The van der Waals surface area contributed by atoms with Gasteiger partial charge in [0.1, 0.15) is 5.82 Å². The number of carbonyl (C=O) groups is 2. The zero-order chi connectivity index (χ0) is 18.7. The van der Waals surface area contributed by atoms with E-state index in [0.29, 0.717) is 50.0 Å². The number of hydrogen-bond donors (Lipinski definition) is 1. The average Bonchev–Trinajstić information content (AvgIpc) is 2.63. The van der Waals surface area contributed by atoms with Gasteiger partial charge in [0, 0.05) is 57.4 Å². The zero-order valence-corrected chi connectivity index (χ0v) is 15.5. The van der Waals surface area contributed by atoms with E-state index in [1.165, 1.54) is 13.0 Å². The Balaban J connectivity index is 1.55. The number of rotatable bonds is 4. The van der Waals surface area contributed by atoms with Gasteiger partial charge in [-0.1, -0.05) is 0 Å². The second-order valence-corrected chi connectivity index (χ2v) is 7.11. The third-order valence-electron chi connectivity index (χ3n) is 5.30. The molecule has 1 N–H and O–H groups in total. The van der Waals surface area contributed by atoms with Crippen LogP contribution < -0.4 is 10.2 Å². The summed E-state index contributed by atoms with van der Waals surface area (Å²) in [6.07, 6.45) is 0. The predicted molar refractivity (Wildman–Crippen MR) is 99.1 cm³/mol. The number of hydrogen-bond acceptors (Lipinski definition) is 5. The Morgan fingerprint density at radius 1 is 1.19 bits per heavy atom. The van der Waals surface area contributed by atoms with Gasteiger partial charge >= 0.3 is 0 Å². The smallest absolute Gasteiger partial charge is 0.236 e. The van der Waals surface area contributed by atoms with Crippen LogP contribution in [0.2, 0.25) is 0 Å². The molecule has 2 aliphatic rings. The maximum atomic E-state index is 14.3. The Bertz CT molecular complexity index is 674. The van der Waals surface area contributed by atoms with E-state index in [4.69, 9.17) is 0 Å². The topological polar surface area (TPSA) is 55.9 Å². The molecular weight excluding hydrogens is 335 g/mol. The van der Waals surface area contributed by atoms with E-state index >= 15 is 0 Å². The summed E-state index contributed by atoms with van der Waals surface area (Å²) in [5.74, 6) is -0.383. The second-order valence-electron chi connectivity index (χ2n) is 7.11. The number of anilines is 1. The minimum absolute atomic E-state index is 0.144. The molecule has 1 atom stereocenters. The Kier molecular flexibility index (Phi) is 5.88. The number of Topliss-reactive ketones (excluding diaryl/α,β-unsaturated/α-hetero) is 1. The lowest BCUT2D eigenvalue weighted by atomic mass is 10.1. The van der Waals surface area contributed by atoms with Crippen LogP contribution in [0, 0.1) is 5.82 Å². The number of ketones is 1. The van der Waals surface area contributed by atoms with Gasteiger partial charge in [0.15, 0.2) is 5.78 Å². The molecule has 7 heteroatoms. The number of amides is 1. The average molecular weight is 362 g/mol. The van der Waals surface area contributed by atoms with E-state index in [0.717, 1.165) is 19.6 Å². The first-order chi connectivity index (χ1) is 12.5. The molecule has 0 spiro atoms. The molecule has 0 aliphatic carbocycles. The van der Waals surface area contributed by atoms with Gasteiger partial charge in [-0.3, -0.25) is 14.5 Å². The van der Waals surface area contributed by atoms with Gasteiger partial charge in [-0.25, -0.2) is 4.39 Å². The SMILES string of the molecule is CC(=O)c1ccc(N2CCN(C(=O)CN3CCNC[C@@H]3C)CC2)c(F)c1. The quantitative estimate of drug-likeness (QED) is 0.809. The van der Waals surface area contributed by atoms with Crippen LogP contribution in [0.1, 0.15) is 24.2 Å². The molecule has 0 radical (unpaired) electrons. The summed E-state index contributed by atoms with van der Waals surface area (Å²) in [6.45, 7) is 9.10. The third kappa shape index (κ3) is 4.22. The molecule has 2 saturated heterocycles. The van der Waals surface area contributed by atoms with Crippen LogP contribution in [0.25, 0.3) is 0 Å². The molecule has 26 heavy (non-hydrogen) atoms. The lowest BCUT2D eigenvalue weighted by Crippen LogP contribution is -2.55. The zero-order valence-electron chi connectivity index (χ0n) is 15.5. The third-order valence-corrected chi connectivity index (χ3v) is 5.30. The Morgan fingerprint density at radius 2 is 1.92 bits per heavy atom. The molecule has 1 aromatic carbocycles. The van der Waals surface area contributed by atoms with E-state index in [2.05, 4.69) is 17.1 Å². The van der Waals surface area contributed by atoms with Crippen molar-refractivity contribution in [1.29, 1.82) is 0 Å². The predicted octanol–water partition coefficient (Wildman–Crippen LogP) is 0.971. The molecule has 0 aromatic heterocycles. The largest absolute Gasteiger partial charge is 0.366 e. The molecule has 6 nitrogen and oxygen atoms in total. The van der Waals surface area contributed by atoms with Crippen molar-refractivity contribution in [1.82, 2.24) is 15.1 Å². The van der Waals surface area contributed by atoms with Gasteiger partial charge in [0.2, 0.25) is 5.91 Å². The van der Waals surface area contributed by atoms with Crippen molar-refractivity contribution < 1.29 is 14.0 Å². The fourth-order valence-electron chi connectivity index (χ4n) is 3.57. The van der Waals surface area contributed by atoms with Crippen molar-refractivity contribution in [2.24, 2.45) is 0 Å². The highest BCUT2D eigenvalue weighted by Gasteiger charge is 2.26. The number of nitrogens with one attached hydrogen (secondary N) is 1.